The van der Waals surface area contributed by atoms with E-state index in [-0.39, 0.29) is 11.8 Å². The van der Waals surface area contributed by atoms with Crippen LogP contribution in [0.25, 0.3) is 11.1 Å². The zero-order chi connectivity index (χ0) is 15.0. The molecule has 0 aliphatic rings. The fourth-order valence-electron chi connectivity index (χ4n) is 2.44. The molecule has 0 amide bonds. The molecule has 0 saturated heterocycles. The van der Waals surface area contributed by atoms with Gasteiger partial charge >= 0.3 is 5.76 Å². The van der Waals surface area contributed by atoms with Crippen LogP contribution in [0.15, 0.2) is 51.7 Å². The van der Waals surface area contributed by atoms with Crippen LogP contribution in [0.4, 0.5) is 0 Å². The first-order valence-electron chi connectivity index (χ1n) is 6.74. The minimum Gasteiger partial charge on any atom is -0.408 e. The lowest BCUT2D eigenvalue weighted by atomic mass is 9.99. The first kappa shape index (κ1) is 13.9. The van der Waals surface area contributed by atoms with Crippen molar-refractivity contribution in [2.75, 3.05) is 0 Å². The Morgan fingerprint density at radius 2 is 1.86 bits per heavy atom. The van der Waals surface area contributed by atoms with Crippen molar-refractivity contribution in [1.82, 2.24) is 4.57 Å². The number of benzene rings is 2. The Balaban J connectivity index is 2.04. The van der Waals surface area contributed by atoms with Crippen LogP contribution in [0.5, 0.6) is 0 Å². The molecule has 3 aromatic rings. The van der Waals surface area contributed by atoms with E-state index in [0.29, 0.717) is 17.2 Å². The molecule has 1 heterocycles. The first-order chi connectivity index (χ1) is 10.1. The Morgan fingerprint density at radius 1 is 1.19 bits per heavy atom. The van der Waals surface area contributed by atoms with E-state index < -0.39 is 0 Å². The maximum absolute atomic E-state index is 11.7. The molecule has 0 aliphatic heterocycles. The number of nitrogens with zero attached hydrogens (tertiary/aromatic N) is 1. The zero-order valence-corrected chi connectivity index (χ0v) is 12.3. The second kappa shape index (κ2) is 5.39. The lowest BCUT2D eigenvalue weighted by Crippen LogP contribution is -2.12. The summed E-state index contributed by atoms with van der Waals surface area (Å²) in [6.07, 6.45) is 0. The molecule has 2 N–H and O–H groups in total. The van der Waals surface area contributed by atoms with Gasteiger partial charge in [-0.05, 0) is 42.3 Å². The fourth-order valence-corrected chi connectivity index (χ4v) is 2.56. The van der Waals surface area contributed by atoms with Crippen LogP contribution in [0.3, 0.4) is 0 Å². The van der Waals surface area contributed by atoms with Crippen molar-refractivity contribution in [2.45, 2.75) is 19.5 Å². The highest BCUT2D eigenvalue weighted by Crippen LogP contribution is 2.24. The quantitative estimate of drug-likeness (QED) is 0.807. The molecule has 1 atom stereocenters. The number of oxazole rings is 1. The molecular formula is C16H15ClN2O2. The van der Waals surface area contributed by atoms with Gasteiger partial charge in [-0.2, -0.15) is 0 Å². The molecule has 0 bridgehead atoms. The van der Waals surface area contributed by atoms with E-state index in [0.717, 1.165) is 16.6 Å². The van der Waals surface area contributed by atoms with Crippen LogP contribution in [-0.4, -0.2) is 4.57 Å². The Morgan fingerprint density at radius 3 is 2.52 bits per heavy atom. The number of fused-ring (bicyclic) bond motifs is 1. The maximum atomic E-state index is 11.7. The van der Waals surface area contributed by atoms with Crippen molar-refractivity contribution in [3.63, 3.8) is 0 Å². The van der Waals surface area contributed by atoms with Crippen molar-refractivity contribution < 1.29 is 4.42 Å². The monoisotopic (exact) mass is 302 g/mol. The average Bonchev–Trinajstić information content (AvgIpc) is 2.81. The number of aromatic nitrogens is 1. The molecule has 0 saturated carbocycles. The molecule has 2 aromatic carbocycles. The summed E-state index contributed by atoms with van der Waals surface area (Å²) in [6, 6.07) is 12.7. The summed E-state index contributed by atoms with van der Waals surface area (Å²) in [7, 11) is 0. The predicted molar refractivity (Wildman–Crippen MR) is 83.6 cm³/mol. The minimum atomic E-state index is -0.343. The van der Waals surface area contributed by atoms with Gasteiger partial charge < -0.3 is 10.2 Å². The van der Waals surface area contributed by atoms with E-state index in [1.807, 2.05) is 49.4 Å². The maximum Gasteiger partial charge on any atom is 0.419 e. The summed E-state index contributed by atoms with van der Waals surface area (Å²) in [5.41, 5.74) is 9.46. The van der Waals surface area contributed by atoms with E-state index in [4.69, 9.17) is 21.8 Å². The number of aryl methyl sites for hydroxylation is 1. The fraction of sp³-hybridized carbons (Fsp3) is 0.188. The first-order valence-corrected chi connectivity index (χ1v) is 7.12. The van der Waals surface area contributed by atoms with E-state index in [2.05, 4.69) is 0 Å². The molecule has 1 unspecified atom stereocenters. The lowest BCUT2D eigenvalue weighted by Gasteiger charge is -2.12. The van der Waals surface area contributed by atoms with E-state index in [1.54, 1.807) is 4.57 Å². The van der Waals surface area contributed by atoms with Crippen molar-refractivity contribution in [1.29, 1.82) is 0 Å². The van der Waals surface area contributed by atoms with Gasteiger partial charge in [0.15, 0.2) is 5.58 Å². The van der Waals surface area contributed by atoms with Gasteiger partial charge in [0, 0.05) is 11.6 Å². The number of halogens is 1. The lowest BCUT2D eigenvalue weighted by molar-refractivity contribution is 0.513. The normalized spacial score (nSPS) is 12.7. The molecule has 5 heteroatoms. The van der Waals surface area contributed by atoms with Crippen LogP contribution in [-0.2, 0) is 6.54 Å². The Labute approximate surface area is 126 Å². The summed E-state index contributed by atoms with van der Waals surface area (Å²) in [6.45, 7) is 2.48. The van der Waals surface area contributed by atoms with Gasteiger partial charge in [0.2, 0.25) is 0 Å². The van der Waals surface area contributed by atoms with Crippen LogP contribution < -0.4 is 11.5 Å². The second-order valence-corrected chi connectivity index (χ2v) is 5.31. The second-order valence-electron chi connectivity index (χ2n) is 4.87. The standard InChI is InChI=1S/C16H15ClN2O2/c1-2-19-13-8-5-11(9-14(13)21-16(19)20)15(18)10-3-6-12(17)7-4-10/h3-9,15H,2,18H2,1H3. The molecule has 0 aliphatic carbocycles. The third-order valence-corrected chi connectivity index (χ3v) is 3.85. The van der Waals surface area contributed by atoms with Crippen LogP contribution >= 0.6 is 11.6 Å². The predicted octanol–water partition coefficient (Wildman–Crippen LogP) is 3.32. The molecule has 0 spiro atoms. The van der Waals surface area contributed by atoms with Crippen LogP contribution in [0.2, 0.25) is 5.02 Å². The van der Waals surface area contributed by atoms with E-state index in [9.17, 15) is 4.79 Å². The highest BCUT2D eigenvalue weighted by molar-refractivity contribution is 6.30. The van der Waals surface area contributed by atoms with Crippen LogP contribution in [0.1, 0.15) is 24.1 Å². The van der Waals surface area contributed by atoms with E-state index in [1.165, 1.54) is 0 Å². The van der Waals surface area contributed by atoms with Crippen molar-refractivity contribution in [3.05, 3.63) is 69.2 Å². The number of rotatable bonds is 3. The Kier molecular flexibility index (Phi) is 3.57. The third kappa shape index (κ3) is 2.48. The highest BCUT2D eigenvalue weighted by Gasteiger charge is 2.13. The molecule has 0 fully saturated rings. The molecule has 4 nitrogen and oxygen atoms in total. The van der Waals surface area contributed by atoms with Crippen molar-refractivity contribution in [2.24, 2.45) is 5.73 Å². The smallest absolute Gasteiger partial charge is 0.408 e. The molecular weight excluding hydrogens is 288 g/mol. The number of hydrogen-bond donors (Lipinski definition) is 1. The number of nitrogens with two attached hydrogens (primary N) is 1. The Bertz CT molecular complexity index is 834. The summed E-state index contributed by atoms with van der Waals surface area (Å²) >= 11 is 5.88. The SMILES string of the molecule is CCn1c(=O)oc2cc(C(N)c3ccc(Cl)cc3)ccc21. The minimum absolute atomic E-state index is 0.290. The van der Waals surface area contributed by atoms with Gasteiger partial charge in [-0.15, -0.1) is 0 Å². The largest absolute Gasteiger partial charge is 0.419 e. The average molecular weight is 303 g/mol. The van der Waals surface area contributed by atoms with Gasteiger partial charge in [0.1, 0.15) is 0 Å². The summed E-state index contributed by atoms with van der Waals surface area (Å²) in [5, 5.41) is 0.674. The molecule has 3 rings (SSSR count). The third-order valence-electron chi connectivity index (χ3n) is 3.60. The topological polar surface area (TPSA) is 61.2 Å². The van der Waals surface area contributed by atoms with E-state index >= 15 is 0 Å². The molecule has 108 valence electrons. The summed E-state index contributed by atoms with van der Waals surface area (Å²) in [4.78, 5) is 11.7. The Hall–Kier alpha value is -2.04. The van der Waals surface area contributed by atoms with Gasteiger partial charge in [-0.25, -0.2) is 4.79 Å². The van der Waals surface area contributed by atoms with Crippen molar-refractivity contribution in [3.8, 4) is 0 Å². The van der Waals surface area contributed by atoms with Gasteiger partial charge in [0.05, 0.1) is 11.6 Å². The summed E-state index contributed by atoms with van der Waals surface area (Å²) < 4.78 is 6.86. The van der Waals surface area contributed by atoms with Crippen molar-refractivity contribution >= 4 is 22.7 Å². The summed E-state index contributed by atoms with van der Waals surface area (Å²) in [5.74, 6) is -0.343. The zero-order valence-electron chi connectivity index (χ0n) is 11.5. The number of hydrogen-bond acceptors (Lipinski definition) is 3. The van der Waals surface area contributed by atoms with Crippen LogP contribution in [0, 0.1) is 0 Å². The molecule has 21 heavy (non-hydrogen) atoms. The van der Waals surface area contributed by atoms with Gasteiger partial charge in [-0.1, -0.05) is 29.8 Å². The van der Waals surface area contributed by atoms with Gasteiger partial charge in [0.25, 0.3) is 0 Å². The molecule has 1 aromatic heterocycles. The molecule has 0 radical (unpaired) electrons. The van der Waals surface area contributed by atoms with Gasteiger partial charge in [-0.3, -0.25) is 4.57 Å². The highest BCUT2D eigenvalue weighted by atomic mass is 35.5.